The Hall–Kier alpha value is -2.06. The van der Waals surface area contributed by atoms with Crippen molar-refractivity contribution in [1.82, 2.24) is 4.98 Å². The van der Waals surface area contributed by atoms with E-state index in [9.17, 15) is 5.26 Å². The highest BCUT2D eigenvalue weighted by Crippen LogP contribution is 2.33. The number of hydrogen-bond acceptors (Lipinski definition) is 4. The average Bonchev–Trinajstić information content (AvgIpc) is 2.33. The fourth-order valence-electron chi connectivity index (χ4n) is 1.73. The Kier molecular flexibility index (Phi) is 3.72. The van der Waals surface area contributed by atoms with Gasteiger partial charge >= 0.3 is 0 Å². The minimum absolute atomic E-state index is 0.430. The van der Waals surface area contributed by atoms with Gasteiger partial charge in [0.1, 0.15) is 23.1 Å². The van der Waals surface area contributed by atoms with Crippen molar-refractivity contribution >= 4 is 21.6 Å². The zero-order chi connectivity index (χ0) is 14.0. The number of hydrogen-bond donors (Lipinski definition) is 1. The van der Waals surface area contributed by atoms with E-state index in [-0.39, 0.29) is 0 Å². The van der Waals surface area contributed by atoms with Crippen LogP contribution in [-0.4, -0.2) is 4.98 Å². The smallest absolute Gasteiger partial charge is 0.148 e. The lowest BCUT2D eigenvalue weighted by Crippen LogP contribution is -1.97. The number of aromatic nitrogens is 1. The van der Waals surface area contributed by atoms with Crippen molar-refractivity contribution in [3.8, 4) is 17.6 Å². The molecule has 0 aliphatic carbocycles. The molecule has 19 heavy (non-hydrogen) atoms. The van der Waals surface area contributed by atoms with Crippen LogP contribution in [0.15, 0.2) is 28.7 Å². The Bertz CT molecular complexity index is 677. The van der Waals surface area contributed by atoms with Crippen LogP contribution in [0.3, 0.4) is 0 Å². The number of benzene rings is 1. The van der Waals surface area contributed by atoms with Gasteiger partial charge in [0, 0.05) is 23.5 Å². The number of ether oxygens (including phenoxy) is 1. The van der Waals surface area contributed by atoms with Gasteiger partial charge in [-0.1, -0.05) is 0 Å². The number of pyridine rings is 1. The summed E-state index contributed by atoms with van der Waals surface area (Å²) in [5, 5.41) is 9.19. The van der Waals surface area contributed by atoms with E-state index >= 15 is 0 Å². The first-order chi connectivity index (χ1) is 9.01. The maximum atomic E-state index is 9.19. The largest absolute Gasteiger partial charge is 0.455 e. The fraction of sp³-hybridized carbons (Fsp3) is 0.143. The van der Waals surface area contributed by atoms with E-state index in [1.807, 2.05) is 6.92 Å². The molecule has 5 heteroatoms. The van der Waals surface area contributed by atoms with Crippen LogP contribution in [0.2, 0.25) is 0 Å². The van der Waals surface area contributed by atoms with Crippen LogP contribution in [-0.2, 0) is 0 Å². The van der Waals surface area contributed by atoms with Gasteiger partial charge in [0.2, 0.25) is 0 Å². The van der Waals surface area contributed by atoms with Crippen molar-refractivity contribution in [2.24, 2.45) is 0 Å². The molecule has 0 unspecified atom stereocenters. The Balaban J connectivity index is 2.49. The van der Waals surface area contributed by atoms with E-state index in [1.165, 1.54) is 0 Å². The van der Waals surface area contributed by atoms with Crippen LogP contribution in [0.4, 0.5) is 5.69 Å². The molecule has 0 spiro atoms. The summed E-state index contributed by atoms with van der Waals surface area (Å²) in [5.41, 5.74) is 8.21. The predicted molar refractivity (Wildman–Crippen MR) is 77.1 cm³/mol. The number of rotatable bonds is 2. The number of nitrogen functional groups attached to an aromatic ring is 1. The third-order valence-electron chi connectivity index (χ3n) is 2.58. The van der Waals surface area contributed by atoms with E-state index in [0.717, 1.165) is 10.2 Å². The lowest BCUT2D eigenvalue weighted by molar-refractivity contribution is 0.476. The van der Waals surface area contributed by atoms with Gasteiger partial charge in [0.15, 0.2) is 0 Å². The summed E-state index contributed by atoms with van der Waals surface area (Å²) >= 11 is 3.39. The maximum absolute atomic E-state index is 9.19. The van der Waals surface area contributed by atoms with Crippen molar-refractivity contribution < 1.29 is 4.74 Å². The number of nitrogens with two attached hydrogens (primary N) is 1. The first kappa shape index (κ1) is 13.4. The van der Waals surface area contributed by atoms with Gasteiger partial charge in [-0.2, -0.15) is 5.26 Å². The lowest BCUT2D eigenvalue weighted by Gasteiger charge is -2.11. The molecule has 0 saturated heterocycles. The highest BCUT2D eigenvalue weighted by molar-refractivity contribution is 9.10. The number of halogens is 1. The average molecular weight is 318 g/mol. The highest BCUT2D eigenvalue weighted by atomic mass is 79.9. The normalized spacial score (nSPS) is 10.0. The summed E-state index contributed by atoms with van der Waals surface area (Å²) in [4.78, 5) is 4.25. The molecule has 0 bridgehead atoms. The van der Waals surface area contributed by atoms with E-state index in [2.05, 4.69) is 27.0 Å². The standard InChI is InChI=1S/C14H12BrN3O/c1-8-5-13(11(7-16)9(2)18-8)19-14-6-10(17)3-4-12(14)15/h3-6H,17H2,1-2H3. The van der Waals surface area contributed by atoms with Gasteiger partial charge < -0.3 is 10.5 Å². The predicted octanol–water partition coefficient (Wildman–Crippen LogP) is 3.71. The summed E-state index contributed by atoms with van der Waals surface area (Å²) in [5.74, 6) is 1.06. The van der Waals surface area contributed by atoms with Crippen LogP contribution < -0.4 is 10.5 Å². The first-order valence-electron chi connectivity index (χ1n) is 5.62. The molecule has 0 amide bonds. The van der Waals surface area contributed by atoms with Crippen LogP contribution in [0.5, 0.6) is 11.5 Å². The summed E-state index contributed by atoms with van der Waals surface area (Å²) in [7, 11) is 0. The van der Waals surface area contributed by atoms with Gasteiger partial charge in [-0.05, 0) is 41.9 Å². The van der Waals surface area contributed by atoms with E-state index in [4.69, 9.17) is 10.5 Å². The lowest BCUT2D eigenvalue weighted by atomic mass is 10.2. The third-order valence-corrected chi connectivity index (χ3v) is 3.23. The van der Waals surface area contributed by atoms with Crippen molar-refractivity contribution in [2.75, 3.05) is 5.73 Å². The van der Waals surface area contributed by atoms with Crippen molar-refractivity contribution in [3.05, 3.63) is 45.7 Å². The molecule has 0 aliphatic rings. The summed E-state index contributed by atoms with van der Waals surface area (Å²) in [6.45, 7) is 3.64. The molecule has 0 saturated carbocycles. The van der Waals surface area contributed by atoms with Gasteiger partial charge in [-0.15, -0.1) is 0 Å². The molecule has 2 N–H and O–H groups in total. The monoisotopic (exact) mass is 317 g/mol. The molecule has 0 atom stereocenters. The molecule has 1 aromatic heterocycles. The number of nitriles is 1. The molecule has 2 aromatic rings. The van der Waals surface area contributed by atoms with Crippen LogP contribution in [0, 0.1) is 25.2 Å². The van der Waals surface area contributed by atoms with E-state index < -0.39 is 0 Å². The SMILES string of the molecule is Cc1cc(Oc2cc(N)ccc2Br)c(C#N)c(C)n1. The minimum atomic E-state index is 0.430. The Labute approximate surface area is 120 Å². The molecule has 0 radical (unpaired) electrons. The van der Waals surface area contributed by atoms with Crippen molar-refractivity contribution in [1.29, 1.82) is 5.26 Å². The van der Waals surface area contributed by atoms with Crippen LogP contribution >= 0.6 is 15.9 Å². The molecule has 2 rings (SSSR count). The molecule has 0 aliphatic heterocycles. The molecule has 96 valence electrons. The Morgan fingerprint density at radius 3 is 2.68 bits per heavy atom. The third kappa shape index (κ3) is 2.85. The number of nitrogens with zero attached hydrogens (tertiary/aromatic N) is 2. The Morgan fingerprint density at radius 1 is 1.26 bits per heavy atom. The minimum Gasteiger partial charge on any atom is -0.455 e. The number of anilines is 1. The molecule has 1 heterocycles. The van der Waals surface area contributed by atoms with Crippen LogP contribution in [0.1, 0.15) is 17.0 Å². The molecular weight excluding hydrogens is 306 g/mol. The van der Waals surface area contributed by atoms with Gasteiger partial charge in [-0.3, -0.25) is 4.98 Å². The molecule has 4 nitrogen and oxygen atoms in total. The van der Waals surface area contributed by atoms with Crippen molar-refractivity contribution in [2.45, 2.75) is 13.8 Å². The zero-order valence-electron chi connectivity index (χ0n) is 10.6. The second-order valence-corrected chi connectivity index (χ2v) is 4.98. The molecule has 1 aromatic carbocycles. The van der Waals surface area contributed by atoms with Gasteiger partial charge in [0.25, 0.3) is 0 Å². The summed E-state index contributed by atoms with van der Waals surface area (Å²) < 4.78 is 6.56. The zero-order valence-corrected chi connectivity index (χ0v) is 12.2. The second kappa shape index (κ2) is 5.29. The maximum Gasteiger partial charge on any atom is 0.148 e. The van der Waals surface area contributed by atoms with E-state index in [0.29, 0.717) is 28.4 Å². The first-order valence-corrected chi connectivity index (χ1v) is 6.42. The van der Waals surface area contributed by atoms with E-state index in [1.54, 1.807) is 31.2 Å². The fourth-order valence-corrected chi connectivity index (χ4v) is 2.05. The topological polar surface area (TPSA) is 71.9 Å². The van der Waals surface area contributed by atoms with Crippen LogP contribution in [0.25, 0.3) is 0 Å². The summed E-state index contributed by atoms with van der Waals surface area (Å²) in [6, 6.07) is 9.13. The molecular formula is C14H12BrN3O. The summed E-state index contributed by atoms with van der Waals surface area (Å²) in [6.07, 6.45) is 0. The Morgan fingerprint density at radius 2 is 2.00 bits per heavy atom. The highest BCUT2D eigenvalue weighted by Gasteiger charge is 2.12. The van der Waals surface area contributed by atoms with Gasteiger partial charge in [-0.25, -0.2) is 0 Å². The van der Waals surface area contributed by atoms with Gasteiger partial charge in [0.05, 0.1) is 10.2 Å². The quantitative estimate of drug-likeness (QED) is 0.857. The second-order valence-electron chi connectivity index (χ2n) is 4.13. The van der Waals surface area contributed by atoms with Crippen molar-refractivity contribution in [3.63, 3.8) is 0 Å². The number of aryl methyl sites for hydroxylation is 2. The molecule has 0 fully saturated rings.